The number of amides is 1. The van der Waals surface area contributed by atoms with E-state index in [-0.39, 0.29) is 23.4 Å². The van der Waals surface area contributed by atoms with Crippen molar-refractivity contribution >= 4 is 15.9 Å². The van der Waals surface area contributed by atoms with Crippen LogP contribution >= 0.6 is 0 Å². The van der Waals surface area contributed by atoms with Crippen LogP contribution in [0.4, 0.5) is 0 Å². The molecule has 0 unspecified atom stereocenters. The standard InChI is InChI=1S/C20H30N2O5S/c23-20(22-16-7-3-1-2-4-8-16)9-5-12-21-28(24,25)17-10-11-18-19(15-17)27-14-6-13-26-18/h10-11,15-16,21H,1-9,12-14H2,(H,22,23). The zero-order valence-corrected chi connectivity index (χ0v) is 17.1. The Kier molecular flexibility index (Phi) is 7.56. The molecule has 1 saturated carbocycles. The van der Waals surface area contributed by atoms with Gasteiger partial charge in [0, 0.05) is 31.5 Å². The van der Waals surface area contributed by atoms with Crippen LogP contribution in [0, 0.1) is 0 Å². The van der Waals surface area contributed by atoms with E-state index < -0.39 is 10.0 Å². The maximum atomic E-state index is 12.5. The first-order chi connectivity index (χ1) is 13.5. The molecule has 0 spiro atoms. The summed E-state index contributed by atoms with van der Waals surface area (Å²) in [6, 6.07) is 4.89. The number of carbonyl (C=O) groups is 1. The minimum Gasteiger partial charge on any atom is -0.490 e. The van der Waals surface area contributed by atoms with Gasteiger partial charge in [-0.1, -0.05) is 25.7 Å². The zero-order chi connectivity index (χ0) is 19.8. The Labute approximate surface area is 167 Å². The number of hydrogen-bond donors (Lipinski definition) is 2. The van der Waals surface area contributed by atoms with E-state index in [0.29, 0.717) is 37.6 Å². The maximum Gasteiger partial charge on any atom is 0.240 e. The van der Waals surface area contributed by atoms with E-state index in [2.05, 4.69) is 10.0 Å². The minimum absolute atomic E-state index is 0.00155. The van der Waals surface area contributed by atoms with Crippen LogP contribution in [-0.4, -0.2) is 40.1 Å². The summed E-state index contributed by atoms with van der Waals surface area (Å²) in [5.74, 6) is 1.01. The van der Waals surface area contributed by atoms with Crippen molar-refractivity contribution in [2.75, 3.05) is 19.8 Å². The van der Waals surface area contributed by atoms with Gasteiger partial charge in [-0.25, -0.2) is 13.1 Å². The summed E-state index contributed by atoms with van der Waals surface area (Å²) < 4.78 is 38.6. The van der Waals surface area contributed by atoms with Crippen molar-refractivity contribution in [3.63, 3.8) is 0 Å². The number of fused-ring (bicyclic) bond motifs is 1. The SMILES string of the molecule is O=C(CCCNS(=O)(=O)c1ccc2c(c1)OCCCO2)NC1CCCCCC1. The van der Waals surface area contributed by atoms with E-state index in [1.807, 2.05) is 0 Å². The molecule has 1 aromatic carbocycles. The van der Waals surface area contributed by atoms with Gasteiger partial charge in [0.15, 0.2) is 11.5 Å². The van der Waals surface area contributed by atoms with E-state index >= 15 is 0 Å². The second kappa shape index (κ2) is 10.1. The molecule has 1 heterocycles. The lowest BCUT2D eigenvalue weighted by atomic mass is 10.1. The number of nitrogens with one attached hydrogen (secondary N) is 2. The van der Waals surface area contributed by atoms with Gasteiger partial charge in [0.2, 0.25) is 15.9 Å². The first-order valence-electron chi connectivity index (χ1n) is 10.2. The second-order valence-electron chi connectivity index (χ2n) is 7.42. The normalized spacial score (nSPS) is 18.1. The van der Waals surface area contributed by atoms with Crippen molar-refractivity contribution in [2.45, 2.75) is 68.7 Å². The highest BCUT2D eigenvalue weighted by molar-refractivity contribution is 7.89. The largest absolute Gasteiger partial charge is 0.490 e. The van der Waals surface area contributed by atoms with Gasteiger partial charge in [-0.15, -0.1) is 0 Å². The highest BCUT2D eigenvalue weighted by atomic mass is 32.2. The van der Waals surface area contributed by atoms with Crippen LogP contribution in [0.5, 0.6) is 11.5 Å². The summed E-state index contributed by atoms with van der Waals surface area (Å²) in [6.07, 6.45) is 8.45. The molecule has 1 amide bonds. The predicted octanol–water partition coefficient (Wildman–Crippen LogP) is 2.75. The molecule has 3 rings (SSSR count). The van der Waals surface area contributed by atoms with Gasteiger partial charge >= 0.3 is 0 Å². The Morgan fingerprint density at radius 3 is 2.46 bits per heavy atom. The Balaban J connectivity index is 1.44. The fourth-order valence-electron chi connectivity index (χ4n) is 3.57. The molecule has 0 saturated heterocycles. The van der Waals surface area contributed by atoms with Crippen LogP contribution in [0.3, 0.4) is 0 Å². The lowest BCUT2D eigenvalue weighted by Gasteiger charge is -2.16. The van der Waals surface area contributed by atoms with Gasteiger partial charge < -0.3 is 14.8 Å². The maximum absolute atomic E-state index is 12.5. The molecular formula is C20H30N2O5S. The predicted molar refractivity (Wildman–Crippen MR) is 106 cm³/mol. The van der Waals surface area contributed by atoms with Crippen LogP contribution in [0.2, 0.25) is 0 Å². The van der Waals surface area contributed by atoms with Crippen molar-refractivity contribution in [3.8, 4) is 11.5 Å². The fourth-order valence-corrected chi connectivity index (χ4v) is 4.66. The van der Waals surface area contributed by atoms with E-state index in [1.54, 1.807) is 6.07 Å². The average Bonchev–Trinajstić information content (AvgIpc) is 3.07. The molecule has 8 heteroatoms. The topological polar surface area (TPSA) is 93.7 Å². The summed E-state index contributed by atoms with van der Waals surface area (Å²) >= 11 is 0. The summed E-state index contributed by atoms with van der Waals surface area (Å²) in [5, 5.41) is 3.08. The van der Waals surface area contributed by atoms with E-state index in [1.165, 1.54) is 37.8 Å². The third-order valence-corrected chi connectivity index (χ3v) is 6.58. The number of carbonyl (C=O) groups excluding carboxylic acids is 1. The molecule has 2 N–H and O–H groups in total. The number of rotatable bonds is 7. The lowest BCUT2D eigenvalue weighted by molar-refractivity contribution is -0.121. The molecule has 0 atom stereocenters. The van der Waals surface area contributed by atoms with Crippen molar-refractivity contribution in [2.24, 2.45) is 0 Å². The Morgan fingerprint density at radius 2 is 1.71 bits per heavy atom. The van der Waals surface area contributed by atoms with E-state index in [4.69, 9.17) is 9.47 Å². The second-order valence-corrected chi connectivity index (χ2v) is 9.18. The van der Waals surface area contributed by atoms with Crippen molar-refractivity contribution in [3.05, 3.63) is 18.2 Å². The number of sulfonamides is 1. The summed E-state index contributed by atoms with van der Waals surface area (Å²) in [7, 11) is -3.65. The highest BCUT2D eigenvalue weighted by Crippen LogP contribution is 2.31. The third-order valence-electron chi connectivity index (χ3n) is 5.12. The average molecular weight is 411 g/mol. The fraction of sp³-hybridized carbons (Fsp3) is 0.650. The zero-order valence-electron chi connectivity index (χ0n) is 16.2. The molecule has 1 aromatic rings. The minimum atomic E-state index is -3.65. The molecule has 1 fully saturated rings. The molecule has 1 aliphatic carbocycles. The van der Waals surface area contributed by atoms with Crippen molar-refractivity contribution in [1.29, 1.82) is 0 Å². The molecule has 0 aromatic heterocycles. The number of benzene rings is 1. The molecule has 0 radical (unpaired) electrons. The molecular weight excluding hydrogens is 380 g/mol. The Hall–Kier alpha value is -1.80. The monoisotopic (exact) mass is 410 g/mol. The Morgan fingerprint density at radius 1 is 1.00 bits per heavy atom. The highest BCUT2D eigenvalue weighted by Gasteiger charge is 2.19. The summed E-state index contributed by atoms with van der Waals surface area (Å²) in [4.78, 5) is 12.2. The van der Waals surface area contributed by atoms with Gasteiger partial charge in [-0.2, -0.15) is 0 Å². The molecule has 28 heavy (non-hydrogen) atoms. The van der Waals surface area contributed by atoms with Crippen LogP contribution in [0.15, 0.2) is 23.1 Å². The van der Waals surface area contributed by atoms with Gasteiger partial charge in [0.1, 0.15) is 0 Å². The van der Waals surface area contributed by atoms with Crippen LogP contribution in [0.1, 0.15) is 57.8 Å². The summed E-state index contributed by atoms with van der Waals surface area (Å²) in [6.45, 7) is 1.27. The van der Waals surface area contributed by atoms with Crippen molar-refractivity contribution in [1.82, 2.24) is 10.0 Å². The van der Waals surface area contributed by atoms with Crippen LogP contribution < -0.4 is 19.5 Å². The summed E-state index contributed by atoms with van der Waals surface area (Å²) in [5.41, 5.74) is 0. The lowest BCUT2D eigenvalue weighted by Crippen LogP contribution is -2.35. The first kappa shape index (κ1) is 20.9. The molecule has 1 aliphatic heterocycles. The Bertz CT molecular complexity index is 758. The van der Waals surface area contributed by atoms with Gasteiger partial charge in [-0.3, -0.25) is 4.79 Å². The quantitative estimate of drug-likeness (QED) is 0.532. The molecule has 7 nitrogen and oxygen atoms in total. The van der Waals surface area contributed by atoms with Crippen molar-refractivity contribution < 1.29 is 22.7 Å². The van der Waals surface area contributed by atoms with Gasteiger partial charge in [0.25, 0.3) is 0 Å². The molecule has 156 valence electrons. The smallest absolute Gasteiger partial charge is 0.240 e. The van der Waals surface area contributed by atoms with Crippen LogP contribution in [-0.2, 0) is 14.8 Å². The van der Waals surface area contributed by atoms with Gasteiger partial charge in [0.05, 0.1) is 18.1 Å². The number of ether oxygens (including phenoxy) is 2. The number of hydrogen-bond acceptors (Lipinski definition) is 5. The van der Waals surface area contributed by atoms with E-state index in [0.717, 1.165) is 19.3 Å². The van der Waals surface area contributed by atoms with Crippen LogP contribution in [0.25, 0.3) is 0 Å². The van der Waals surface area contributed by atoms with Gasteiger partial charge in [-0.05, 0) is 31.4 Å². The molecule has 2 aliphatic rings. The third kappa shape index (κ3) is 6.10. The van der Waals surface area contributed by atoms with E-state index in [9.17, 15) is 13.2 Å². The first-order valence-corrected chi connectivity index (χ1v) is 11.7. The molecule has 0 bridgehead atoms.